The van der Waals surface area contributed by atoms with Crippen LogP contribution in [0.2, 0.25) is 0 Å². The number of rotatable bonds is 6. The van der Waals surface area contributed by atoms with E-state index in [1.165, 1.54) is 0 Å². The topological polar surface area (TPSA) is 61.9 Å². The molecule has 1 saturated heterocycles. The van der Waals surface area contributed by atoms with Gasteiger partial charge in [0.2, 0.25) is 0 Å². The van der Waals surface area contributed by atoms with Gasteiger partial charge in [-0.2, -0.15) is 0 Å². The Morgan fingerprint density at radius 2 is 1.73 bits per heavy atom. The minimum absolute atomic E-state index is 0.0104. The van der Waals surface area contributed by atoms with Crippen molar-refractivity contribution in [2.24, 2.45) is 5.92 Å². The Morgan fingerprint density at radius 1 is 1.08 bits per heavy atom. The van der Waals surface area contributed by atoms with Gasteiger partial charge in [-0.15, -0.1) is 0 Å². The van der Waals surface area contributed by atoms with Crippen LogP contribution in [0.5, 0.6) is 5.75 Å². The van der Waals surface area contributed by atoms with Crippen LogP contribution >= 0.6 is 0 Å². The molecule has 144 valence electrons. The second-order valence-electron chi connectivity index (χ2n) is 7.09. The van der Waals surface area contributed by atoms with E-state index in [9.17, 15) is 9.59 Å². The second-order valence-corrected chi connectivity index (χ2v) is 7.09. The first-order valence-electron chi connectivity index (χ1n) is 9.56. The van der Waals surface area contributed by atoms with Gasteiger partial charge in [0, 0.05) is 38.3 Å². The highest BCUT2D eigenvalue weighted by Gasteiger charge is 2.22. The van der Waals surface area contributed by atoms with Crippen LogP contribution in [-0.2, 0) is 0 Å². The minimum Gasteiger partial charge on any atom is -0.493 e. The predicted molar refractivity (Wildman–Crippen MR) is 103 cm³/mol. The van der Waals surface area contributed by atoms with E-state index in [-0.39, 0.29) is 11.9 Å². The number of nitrogens with one attached hydrogen (secondary N) is 1. The van der Waals surface area contributed by atoms with Crippen molar-refractivity contribution in [3.8, 4) is 5.75 Å². The Kier molecular flexibility index (Phi) is 7.75. The maximum atomic E-state index is 12.7. The molecule has 6 heteroatoms. The molecule has 1 heterocycles. The Morgan fingerprint density at radius 3 is 2.38 bits per heavy atom. The van der Waals surface area contributed by atoms with Crippen molar-refractivity contribution in [1.29, 1.82) is 0 Å². The Balaban J connectivity index is 1.90. The highest BCUT2D eigenvalue weighted by Crippen LogP contribution is 2.16. The van der Waals surface area contributed by atoms with E-state index in [2.05, 4.69) is 19.2 Å². The van der Waals surface area contributed by atoms with Crippen molar-refractivity contribution in [3.63, 3.8) is 0 Å². The lowest BCUT2D eigenvalue weighted by Gasteiger charge is -2.22. The van der Waals surface area contributed by atoms with Crippen molar-refractivity contribution in [2.45, 2.75) is 33.6 Å². The number of carbonyl (C=O) groups excluding carboxylic acids is 2. The van der Waals surface area contributed by atoms with E-state index in [4.69, 9.17) is 4.74 Å². The second kappa shape index (κ2) is 10.0. The predicted octanol–water partition coefficient (Wildman–Crippen LogP) is 2.99. The zero-order valence-corrected chi connectivity index (χ0v) is 16.2. The first-order valence-corrected chi connectivity index (χ1v) is 9.56. The van der Waals surface area contributed by atoms with E-state index in [0.717, 1.165) is 18.6 Å². The number of ether oxygens (including phenoxy) is 1. The van der Waals surface area contributed by atoms with Crippen molar-refractivity contribution in [1.82, 2.24) is 15.1 Å². The third-order valence-electron chi connectivity index (χ3n) is 4.28. The van der Waals surface area contributed by atoms with Gasteiger partial charge in [0.1, 0.15) is 5.75 Å². The van der Waals surface area contributed by atoms with Crippen LogP contribution in [0.3, 0.4) is 0 Å². The molecule has 0 unspecified atom stereocenters. The summed E-state index contributed by atoms with van der Waals surface area (Å²) in [6, 6.07) is 7.28. The van der Waals surface area contributed by atoms with Crippen LogP contribution < -0.4 is 10.1 Å². The molecule has 1 aliphatic rings. The first-order chi connectivity index (χ1) is 12.5. The quantitative estimate of drug-likeness (QED) is 0.847. The summed E-state index contributed by atoms with van der Waals surface area (Å²) in [5, 5.41) is 2.90. The summed E-state index contributed by atoms with van der Waals surface area (Å²) in [5.74, 6) is 1.26. The molecule has 3 amide bonds. The van der Waals surface area contributed by atoms with Crippen molar-refractivity contribution < 1.29 is 14.3 Å². The molecule has 1 aliphatic heterocycles. The molecule has 0 spiro atoms. The van der Waals surface area contributed by atoms with E-state index in [1.807, 2.05) is 36.1 Å². The van der Waals surface area contributed by atoms with E-state index in [0.29, 0.717) is 50.8 Å². The van der Waals surface area contributed by atoms with E-state index in [1.54, 1.807) is 4.90 Å². The van der Waals surface area contributed by atoms with Gasteiger partial charge in [0.05, 0.1) is 6.61 Å². The molecule has 0 aromatic heterocycles. The number of urea groups is 1. The number of hydrogen-bond donors (Lipinski definition) is 1. The molecule has 1 aromatic rings. The van der Waals surface area contributed by atoms with Crippen LogP contribution in [0.1, 0.15) is 44.0 Å². The average Bonchev–Trinajstić information content (AvgIpc) is 2.90. The molecule has 26 heavy (non-hydrogen) atoms. The van der Waals surface area contributed by atoms with E-state index < -0.39 is 0 Å². The fraction of sp³-hybridized carbons (Fsp3) is 0.600. The van der Waals surface area contributed by atoms with Crippen LogP contribution in [0.4, 0.5) is 4.79 Å². The maximum absolute atomic E-state index is 12.7. The van der Waals surface area contributed by atoms with Gasteiger partial charge in [-0.25, -0.2) is 4.79 Å². The average molecular weight is 361 g/mol. The monoisotopic (exact) mass is 361 g/mol. The van der Waals surface area contributed by atoms with Gasteiger partial charge in [-0.05, 0) is 43.0 Å². The summed E-state index contributed by atoms with van der Waals surface area (Å²) >= 11 is 0. The third kappa shape index (κ3) is 5.93. The number of nitrogens with zero attached hydrogens (tertiary/aromatic N) is 2. The van der Waals surface area contributed by atoms with Gasteiger partial charge >= 0.3 is 6.03 Å². The van der Waals surface area contributed by atoms with Gasteiger partial charge in [0.25, 0.3) is 5.91 Å². The third-order valence-corrected chi connectivity index (χ3v) is 4.28. The van der Waals surface area contributed by atoms with E-state index >= 15 is 0 Å². The van der Waals surface area contributed by atoms with Crippen LogP contribution in [0.15, 0.2) is 24.3 Å². The molecule has 2 rings (SSSR count). The molecule has 0 aliphatic carbocycles. The smallest absolute Gasteiger partial charge is 0.317 e. The van der Waals surface area contributed by atoms with Crippen molar-refractivity contribution in [3.05, 3.63) is 29.8 Å². The van der Waals surface area contributed by atoms with Crippen LogP contribution in [-0.4, -0.2) is 61.1 Å². The Labute approximate surface area is 156 Å². The van der Waals surface area contributed by atoms with Gasteiger partial charge < -0.3 is 19.9 Å². The fourth-order valence-electron chi connectivity index (χ4n) is 2.81. The highest BCUT2D eigenvalue weighted by molar-refractivity contribution is 5.94. The largest absolute Gasteiger partial charge is 0.493 e. The SMILES string of the molecule is CCCNC(=O)N1CCCN(C(=O)c2ccc(OCC(C)C)cc2)CC1. The standard InChI is InChI=1S/C20H31N3O3/c1-4-10-21-20(25)23-12-5-11-22(13-14-23)19(24)17-6-8-18(9-7-17)26-15-16(2)3/h6-9,16H,4-5,10-15H2,1-3H3,(H,21,25). The lowest BCUT2D eigenvalue weighted by atomic mass is 10.2. The number of hydrogen-bond acceptors (Lipinski definition) is 3. The number of carbonyl (C=O) groups is 2. The number of benzene rings is 1. The summed E-state index contributed by atoms with van der Waals surface area (Å²) in [5.41, 5.74) is 0.658. The summed E-state index contributed by atoms with van der Waals surface area (Å²) in [6.45, 7) is 10.1. The highest BCUT2D eigenvalue weighted by atomic mass is 16.5. The molecule has 0 atom stereocenters. The lowest BCUT2D eigenvalue weighted by molar-refractivity contribution is 0.0762. The molecule has 0 bridgehead atoms. The zero-order chi connectivity index (χ0) is 18.9. The summed E-state index contributed by atoms with van der Waals surface area (Å²) in [6.07, 6.45) is 1.71. The van der Waals surface area contributed by atoms with Gasteiger partial charge in [0.15, 0.2) is 0 Å². The fourth-order valence-corrected chi connectivity index (χ4v) is 2.81. The Hall–Kier alpha value is -2.24. The van der Waals surface area contributed by atoms with Crippen LogP contribution in [0, 0.1) is 5.92 Å². The first kappa shape index (κ1) is 20.1. The molecule has 1 aromatic carbocycles. The Bertz CT molecular complexity index is 586. The molecule has 6 nitrogen and oxygen atoms in total. The van der Waals surface area contributed by atoms with Gasteiger partial charge in [-0.1, -0.05) is 20.8 Å². The lowest BCUT2D eigenvalue weighted by Crippen LogP contribution is -2.42. The maximum Gasteiger partial charge on any atom is 0.317 e. The number of amides is 3. The molecule has 1 N–H and O–H groups in total. The van der Waals surface area contributed by atoms with Crippen molar-refractivity contribution in [2.75, 3.05) is 39.3 Å². The summed E-state index contributed by atoms with van der Waals surface area (Å²) in [7, 11) is 0. The molecule has 1 fully saturated rings. The van der Waals surface area contributed by atoms with Crippen LogP contribution in [0.25, 0.3) is 0 Å². The normalized spacial score (nSPS) is 14.9. The molecule has 0 saturated carbocycles. The summed E-state index contributed by atoms with van der Waals surface area (Å²) in [4.78, 5) is 28.5. The van der Waals surface area contributed by atoms with Crippen molar-refractivity contribution >= 4 is 11.9 Å². The molecular weight excluding hydrogens is 330 g/mol. The van der Waals surface area contributed by atoms with Gasteiger partial charge in [-0.3, -0.25) is 4.79 Å². The molecular formula is C20H31N3O3. The molecule has 0 radical (unpaired) electrons. The summed E-state index contributed by atoms with van der Waals surface area (Å²) < 4.78 is 5.66. The zero-order valence-electron chi connectivity index (χ0n) is 16.2. The minimum atomic E-state index is -0.0344.